The Balaban J connectivity index is 2.43. The van der Waals surface area contributed by atoms with Gasteiger partial charge in [-0.1, -0.05) is 6.07 Å². The molecule has 1 aliphatic heterocycles. The normalized spacial score (nSPS) is 15.8. The number of ether oxygens (including phenoxy) is 1. The van der Waals surface area contributed by atoms with E-state index in [1.54, 1.807) is 30.0 Å². The number of hydrogen-bond acceptors (Lipinski definition) is 3. The van der Waals surface area contributed by atoms with Crippen LogP contribution in [-0.2, 0) is 16.0 Å². The largest absolute Gasteiger partial charge is 0.478 e. The summed E-state index contributed by atoms with van der Waals surface area (Å²) in [5.74, 6) is -1.09. The summed E-state index contributed by atoms with van der Waals surface area (Å²) in [6.45, 7) is 2.29. The lowest BCUT2D eigenvalue weighted by atomic mass is 9.96. The van der Waals surface area contributed by atoms with E-state index in [-0.39, 0.29) is 11.5 Å². The van der Waals surface area contributed by atoms with Gasteiger partial charge in [-0.3, -0.25) is 4.79 Å². The number of carboxylic acids is 1. The van der Waals surface area contributed by atoms with Crippen LogP contribution in [0.4, 0.5) is 5.69 Å². The van der Waals surface area contributed by atoms with Crippen LogP contribution in [0.3, 0.4) is 0 Å². The maximum atomic E-state index is 12.2. The maximum Gasteiger partial charge on any atom is 0.336 e. The number of fused-ring (bicyclic) bond motifs is 1. The number of benzene rings is 1. The summed E-state index contributed by atoms with van der Waals surface area (Å²) >= 11 is 0. The van der Waals surface area contributed by atoms with E-state index in [1.807, 2.05) is 0 Å². The zero-order valence-corrected chi connectivity index (χ0v) is 11.0. The average Bonchev–Trinajstić information content (AvgIpc) is 2.44. The first-order valence-electron chi connectivity index (χ1n) is 6.25. The SMILES string of the molecule is COC(C)C(=O)N1CCCc2c(C(=O)O)cccc21. The van der Waals surface area contributed by atoms with Crippen LogP contribution in [0.15, 0.2) is 18.2 Å². The monoisotopic (exact) mass is 263 g/mol. The quantitative estimate of drug-likeness (QED) is 0.901. The van der Waals surface area contributed by atoms with Crippen molar-refractivity contribution in [3.05, 3.63) is 29.3 Å². The smallest absolute Gasteiger partial charge is 0.336 e. The summed E-state index contributed by atoms with van der Waals surface area (Å²) in [6.07, 6.45) is 0.919. The second kappa shape index (κ2) is 5.40. The molecule has 2 rings (SSSR count). The number of hydrogen-bond donors (Lipinski definition) is 1. The molecule has 1 aliphatic rings. The van der Waals surface area contributed by atoms with Crippen LogP contribution in [0, 0.1) is 0 Å². The number of methoxy groups -OCH3 is 1. The van der Waals surface area contributed by atoms with Crippen molar-refractivity contribution in [2.45, 2.75) is 25.9 Å². The average molecular weight is 263 g/mol. The Kier molecular flexibility index (Phi) is 3.85. The fourth-order valence-corrected chi connectivity index (χ4v) is 2.37. The van der Waals surface area contributed by atoms with Gasteiger partial charge >= 0.3 is 5.97 Å². The van der Waals surface area contributed by atoms with E-state index in [9.17, 15) is 14.7 Å². The molecular formula is C14H17NO4. The number of nitrogens with zero attached hydrogens (tertiary/aromatic N) is 1. The van der Waals surface area contributed by atoms with Crippen molar-refractivity contribution in [2.75, 3.05) is 18.6 Å². The predicted octanol–water partition coefficient (Wildman–Crippen LogP) is 1.70. The van der Waals surface area contributed by atoms with Crippen LogP contribution in [-0.4, -0.2) is 36.7 Å². The van der Waals surface area contributed by atoms with E-state index in [1.165, 1.54) is 7.11 Å². The number of carbonyl (C=O) groups excluding carboxylic acids is 1. The van der Waals surface area contributed by atoms with Gasteiger partial charge in [-0.15, -0.1) is 0 Å². The summed E-state index contributed by atoms with van der Waals surface area (Å²) in [6, 6.07) is 5.04. The Hall–Kier alpha value is -1.88. The first-order valence-corrected chi connectivity index (χ1v) is 6.25. The zero-order valence-electron chi connectivity index (χ0n) is 11.0. The number of carboxylic acid groups (broad SMARTS) is 1. The fraction of sp³-hybridized carbons (Fsp3) is 0.429. The number of rotatable bonds is 3. The topological polar surface area (TPSA) is 66.8 Å². The molecule has 5 heteroatoms. The van der Waals surface area contributed by atoms with Crippen molar-refractivity contribution >= 4 is 17.6 Å². The van der Waals surface area contributed by atoms with Crippen molar-refractivity contribution in [3.63, 3.8) is 0 Å². The van der Waals surface area contributed by atoms with Crippen molar-refractivity contribution in [1.29, 1.82) is 0 Å². The van der Waals surface area contributed by atoms with E-state index >= 15 is 0 Å². The zero-order chi connectivity index (χ0) is 14.0. The van der Waals surface area contributed by atoms with Crippen LogP contribution < -0.4 is 4.90 Å². The third-order valence-electron chi connectivity index (χ3n) is 3.45. The first kappa shape index (κ1) is 13.5. The summed E-state index contributed by atoms with van der Waals surface area (Å²) in [4.78, 5) is 25.1. The van der Waals surface area contributed by atoms with Crippen LogP contribution in [0.25, 0.3) is 0 Å². The molecule has 0 aromatic heterocycles. The van der Waals surface area contributed by atoms with Gasteiger partial charge in [-0.2, -0.15) is 0 Å². The number of carbonyl (C=O) groups is 2. The van der Waals surface area contributed by atoms with E-state index in [0.717, 1.165) is 12.0 Å². The van der Waals surface area contributed by atoms with Gasteiger partial charge in [0.2, 0.25) is 0 Å². The van der Waals surface area contributed by atoms with Gasteiger partial charge in [0.25, 0.3) is 5.91 Å². The van der Waals surface area contributed by atoms with Gasteiger partial charge in [0.05, 0.1) is 5.56 Å². The molecule has 0 bridgehead atoms. The molecule has 1 aromatic carbocycles. The van der Waals surface area contributed by atoms with Gasteiger partial charge in [0.1, 0.15) is 6.10 Å². The Morgan fingerprint density at radius 3 is 2.79 bits per heavy atom. The van der Waals surface area contributed by atoms with E-state index in [2.05, 4.69) is 0 Å². The van der Waals surface area contributed by atoms with Crippen LogP contribution in [0.5, 0.6) is 0 Å². The molecule has 0 saturated heterocycles. The van der Waals surface area contributed by atoms with E-state index < -0.39 is 12.1 Å². The molecule has 0 aliphatic carbocycles. The van der Waals surface area contributed by atoms with E-state index in [4.69, 9.17) is 4.74 Å². The van der Waals surface area contributed by atoms with Crippen LogP contribution >= 0.6 is 0 Å². The van der Waals surface area contributed by atoms with Crippen LogP contribution in [0.1, 0.15) is 29.3 Å². The first-order chi connectivity index (χ1) is 9.06. The molecule has 1 heterocycles. The van der Waals surface area contributed by atoms with E-state index in [0.29, 0.717) is 18.7 Å². The molecule has 0 saturated carbocycles. The minimum atomic E-state index is -0.953. The summed E-state index contributed by atoms with van der Waals surface area (Å²) < 4.78 is 5.05. The molecule has 19 heavy (non-hydrogen) atoms. The third-order valence-corrected chi connectivity index (χ3v) is 3.45. The molecule has 102 valence electrons. The van der Waals surface area contributed by atoms with Gasteiger partial charge in [0, 0.05) is 19.3 Å². The molecule has 1 N–H and O–H groups in total. The van der Waals surface area contributed by atoms with Crippen molar-refractivity contribution in [2.24, 2.45) is 0 Å². The summed E-state index contributed by atoms with van der Waals surface area (Å²) in [7, 11) is 1.49. The predicted molar refractivity (Wildman–Crippen MR) is 70.5 cm³/mol. The second-order valence-corrected chi connectivity index (χ2v) is 4.58. The Morgan fingerprint density at radius 1 is 1.42 bits per heavy atom. The molecular weight excluding hydrogens is 246 g/mol. The highest BCUT2D eigenvalue weighted by Crippen LogP contribution is 2.30. The molecule has 0 fully saturated rings. The number of aromatic carboxylic acids is 1. The standard InChI is InChI=1S/C14H17NO4/c1-9(19-2)13(16)15-8-4-6-10-11(14(17)18)5-3-7-12(10)15/h3,5,7,9H,4,6,8H2,1-2H3,(H,17,18). The van der Waals surface area contributed by atoms with Crippen molar-refractivity contribution in [1.82, 2.24) is 0 Å². The highest BCUT2D eigenvalue weighted by molar-refractivity contribution is 6.00. The highest BCUT2D eigenvalue weighted by Gasteiger charge is 2.28. The fourth-order valence-electron chi connectivity index (χ4n) is 2.37. The third kappa shape index (κ3) is 2.46. The summed E-state index contributed by atoms with van der Waals surface area (Å²) in [5.41, 5.74) is 1.71. The maximum absolute atomic E-state index is 12.2. The Morgan fingerprint density at radius 2 is 2.16 bits per heavy atom. The highest BCUT2D eigenvalue weighted by atomic mass is 16.5. The van der Waals surface area contributed by atoms with Gasteiger partial charge in [-0.25, -0.2) is 4.79 Å². The lowest BCUT2D eigenvalue weighted by Crippen LogP contribution is -2.42. The molecule has 0 radical (unpaired) electrons. The molecule has 1 amide bonds. The van der Waals surface area contributed by atoms with Crippen molar-refractivity contribution < 1.29 is 19.4 Å². The van der Waals surface area contributed by atoms with Crippen molar-refractivity contribution in [3.8, 4) is 0 Å². The molecule has 1 unspecified atom stereocenters. The van der Waals surface area contributed by atoms with Crippen LogP contribution in [0.2, 0.25) is 0 Å². The second-order valence-electron chi connectivity index (χ2n) is 4.58. The van der Waals surface area contributed by atoms with Gasteiger partial charge in [0.15, 0.2) is 0 Å². The lowest BCUT2D eigenvalue weighted by molar-refractivity contribution is -0.127. The summed E-state index contributed by atoms with van der Waals surface area (Å²) in [5, 5.41) is 9.19. The number of anilines is 1. The number of amides is 1. The minimum Gasteiger partial charge on any atom is -0.478 e. The minimum absolute atomic E-state index is 0.133. The molecule has 1 aromatic rings. The van der Waals surface area contributed by atoms with Gasteiger partial charge < -0.3 is 14.7 Å². The molecule has 5 nitrogen and oxygen atoms in total. The Bertz CT molecular complexity index is 512. The molecule has 1 atom stereocenters. The molecule has 0 spiro atoms. The van der Waals surface area contributed by atoms with Gasteiger partial charge in [-0.05, 0) is 37.5 Å². The lowest BCUT2D eigenvalue weighted by Gasteiger charge is -2.31. The Labute approximate surface area is 111 Å².